The van der Waals surface area contributed by atoms with Gasteiger partial charge < -0.3 is 0 Å². The molecule has 3 heteroatoms. The van der Waals surface area contributed by atoms with Crippen LogP contribution in [0.5, 0.6) is 0 Å². The van der Waals surface area contributed by atoms with Gasteiger partial charge in [0.2, 0.25) is 0 Å². The Labute approximate surface area is 137 Å². The molecule has 1 N–H and O–H groups in total. The molecule has 0 aromatic heterocycles. The van der Waals surface area contributed by atoms with E-state index in [1.165, 1.54) is 51.4 Å². The largest absolute Gasteiger partial charge is 0.299 e. The number of nitrogens with one attached hydrogen (secondary N) is 1. The second-order valence-electron chi connectivity index (χ2n) is 4.95. The monoisotopic (exact) mass is 266 g/mol. The quantitative estimate of drug-likeness (QED) is 0.302. The molecule has 0 heterocycles. The molecule has 0 fully saturated rings. The number of hydrogen-bond acceptors (Lipinski definition) is 2. The molecule has 0 spiro atoms. The molecular formula is C15H33NNaO. The van der Waals surface area contributed by atoms with Crippen LogP contribution in [0.1, 0.15) is 85.0 Å². The third kappa shape index (κ3) is 15.0. The summed E-state index contributed by atoms with van der Waals surface area (Å²) < 4.78 is 0. The molecule has 0 bridgehead atoms. The minimum absolute atomic E-state index is 0. The average molecular weight is 266 g/mol. The Bertz CT molecular complexity index is 144. The van der Waals surface area contributed by atoms with Crippen LogP contribution < -0.4 is 5.48 Å². The summed E-state index contributed by atoms with van der Waals surface area (Å²) in [6.45, 7) is 7.60. The van der Waals surface area contributed by atoms with Gasteiger partial charge in [-0.2, -0.15) is 0 Å². The Morgan fingerprint density at radius 3 is 2.00 bits per heavy atom. The molecule has 0 saturated carbocycles. The minimum atomic E-state index is 0. The average Bonchev–Trinajstić information content (AvgIpc) is 2.35. The van der Waals surface area contributed by atoms with Crippen molar-refractivity contribution < 1.29 is 4.84 Å². The van der Waals surface area contributed by atoms with Crippen LogP contribution in [0.15, 0.2) is 0 Å². The van der Waals surface area contributed by atoms with E-state index in [0.717, 1.165) is 19.4 Å². The molecule has 1 atom stereocenters. The molecule has 0 saturated heterocycles. The molecule has 1 unspecified atom stereocenters. The maximum atomic E-state index is 5.63. The van der Waals surface area contributed by atoms with Crippen LogP contribution in [0.25, 0.3) is 0 Å². The van der Waals surface area contributed by atoms with E-state index in [4.69, 9.17) is 4.84 Å². The van der Waals surface area contributed by atoms with E-state index in [2.05, 4.69) is 26.3 Å². The molecule has 0 aromatic carbocycles. The van der Waals surface area contributed by atoms with Gasteiger partial charge in [-0.1, -0.05) is 65.7 Å². The number of unbranched alkanes of at least 4 members (excludes halogenated alkanes) is 6. The van der Waals surface area contributed by atoms with Crippen molar-refractivity contribution in [3.8, 4) is 0 Å². The van der Waals surface area contributed by atoms with Crippen LogP contribution in [0.4, 0.5) is 0 Å². The molecule has 18 heavy (non-hydrogen) atoms. The van der Waals surface area contributed by atoms with Gasteiger partial charge in [0, 0.05) is 36.1 Å². The summed E-state index contributed by atoms with van der Waals surface area (Å²) in [5, 5.41) is 0. The number of hydrogen-bond donors (Lipinski definition) is 1. The molecule has 1 radical (unpaired) electrons. The molecule has 0 aliphatic heterocycles. The van der Waals surface area contributed by atoms with Gasteiger partial charge in [-0.05, 0) is 19.3 Å². The molecular weight excluding hydrogens is 233 g/mol. The summed E-state index contributed by atoms with van der Waals surface area (Å²) in [6.07, 6.45) is 13.5. The Morgan fingerprint density at radius 2 is 1.44 bits per heavy atom. The van der Waals surface area contributed by atoms with Gasteiger partial charge in [0.05, 0.1) is 6.10 Å². The van der Waals surface area contributed by atoms with E-state index in [9.17, 15) is 0 Å². The smallest absolute Gasteiger partial charge is 0.0787 e. The van der Waals surface area contributed by atoms with Crippen molar-refractivity contribution in [1.82, 2.24) is 5.48 Å². The van der Waals surface area contributed by atoms with E-state index in [1.54, 1.807) is 0 Å². The van der Waals surface area contributed by atoms with E-state index >= 15 is 0 Å². The maximum absolute atomic E-state index is 5.63. The summed E-state index contributed by atoms with van der Waals surface area (Å²) in [4.78, 5) is 5.63. The van der Waals surface area contributed by atoms with E-state index in [-0.39, 0.29) is 29.6 Å². The number of hydroxylamine groups is 1. The normalized spacial score (nSPS) is 12.2. The van der Waals surface area contributed by atoms with Crippen LogP contribution in [0, 0.1) is 0 Å². The fourth-order valence-electron chi connectivity index (χ4n) is 1.95. The zero-order chi connectivity index (χ0) is 12.8. The minimum Gasteiger partial charge on any atom is -0.299 e. The van der Waals surface area contributed by atoms with Crippen LogP contribution in [-0.2, 0) is 4.84 Å². The van der Waals surface area contributed by atoms with Crippen LogP contribution >= 0.6 is 0 Å². The SMILES string of the molecule is CCCCCCCCCC(CC)ONCCC.[Na]. The standard InChI is InChI=1S/C15H33NO.Na/c1-4-7-8-9-10-11-12-13-15(6-3)17-16-14-5-2;/h15-16H,4-14H2,1-3H3;. The van der Waals surface area contributed by atoms with Gasteiger partial charge in [0.25, 0.3) is 0 Å². The maximum Gasteiger partial charge on any atom is 0.0787 e. The van der Waals surface area contributed by atoms with Crippen molar-refractivity contribution in [2.75, 3.05) is 6.54 Å². The topological polar surface area (TPSA) is 21.3 Å². The third-order valence-corrected chi connectivity index (χ3v) is 3.19. The Kier molecular flexibility index (Phi) is 21.1. The Balaban J connectivity index is 0. The Morgan fingerprint density at radius 1 is 0.833 bits per heavy atom. The molecule has 105 valence electrons. The van der Waals surface area contributed by atoms with E-state index in [0.29, 0.717) is 6.10 Å². The van der Waals surface area contributed by atoms with Gasteiger partial charge in [-0.15, -0.1) is 0 Å². The fourth-order valence-corrected chi connectivity index (χ4v) is 1.95. The molecule has 0 aliphatic rings. The van der Waals surface area contributed by atoms with Gasteiger partial charge in [-0.25, -0.2) is 5.48 Å². The third-order valence-electron chi connectivity index (χ3n) is 3.19. The van der Waals surface area contributed by atoms with Crippen molar-refractivity contribution >= 4 is 29.6 Å². The first-order chi connectivity index (χ1) is 8.35. The van der Waals surface area contributed by atoms with E-state index < -0.39 is 0 Å². The van der Waals surface area contributed by atoms with Gasteiger partial charge in [0.1, 0.15) is 0 Å². The van der Waals surface area contributed by atoms with Crippen molar-refractivity contribution in [3.05, 3.63) is 0 Å². The predicted octanol–water partition coefficient (Wildman–Crippen LogP) is 4.46. The zero-order valence-corrected chi connectivity index (χ0v) is 15.3. The molecule has 0 aromatic rings. The van der Waals surface area contributed by atoms with Gasteiger partial charge in [-0.3, -0.25) is 4.84 Å². The molecule has 2 nitrogen and oxygen atoms in total. The van der Waals surface area contributed by atoms with Crippen LogP contribution in [0.2, 0.25) is 0 Å². The summed E-state index contributed by atoms with van der Waals surface area (Å²) in [5.74, 6) is 0. The number of rotatable bonds is 13. The first kappa shape index (κ1) is 21.2. The predicted molar refractivity (Wildman–Crippen MR) is 81.8 cm³/mol. The van der Waals surface area contributed by atoms with Crippen LogP contribution in [-0.4, -0.2) is 42.2 Å². The first-order valence-electron chi connectivity index (χ1n) is 7.73. The first-order valence-corrected chi connectivity index (χ1v) is 7.73. The summed E-state index contributed by atoms with van der Waals surface area (Å²) in [6, 6.07) is 0. The molecule has 0 aliphatic carbocycles. The zero-order valence-electron chi connectivity index (χ0n) is 13.3. The van der Waals surface area contributed by atoms with Gasteiger partial charge >= 0.3 is 0 Å². The van der Waals surface area contributed by atoms with E-state index in [1.807, 2.05) is 0 Å². The summed E-state index contributed by atoms with van der Waals surface area (Å²) in [7, 11) is 0. The van der Waals surface area contributed by atoms with Crippen LogP contribution in [0.3, 0.4) is 0 Å². The Hall–Kier alpha value is 0.920. The van der Waals surface area contributed by atoms with Crippen molar-refractivity contribution in [1.29, 1.82) is 0 Å². The summed E-state index contributed by atoms with van der Waals surface area (Å²) >= 11 is 0. The molecule has 0 rings (SSSR count). The van der Waals surface area contributed by atoms with Crippen molar-refractivity contribution in [2.45, 2.75) is 91.1 Å². The van der Waals surface area contributed by atoms with Crippen molar-refractivity contribution in [3.63, 3.8) is 0 Å². The van der Waals surface area contributed by atoms with Gasteiger partial charge in [0.15, 0.2) is 0 Å². The molecule has 0 amide bonds. The van der Waals surface area contributed by atoms with Crippen molar-refractivity contribution in [2.24, 2.45) is 0 Å². The fraction of sp³-hybridized carbons (Fsp3) is 1.00. The second-order valence-corrected chi connectivity index (χ2v) is 4.95. The summed E-state index contributed by atoms with van der Waals surface area (Å²) in [5.41, 5.74) is 3.05. The second kappa shape index (κ2) is 17.9.